The van der Waals surface area contributed by atoms with Crippen molar-refractivity contribution >= 4 is 5.69 Å². The van der Waals surface area contributed by atoms with Crippen LogP contribution in [-0.4, -0.2) is 0 Å². The molecule has 0 aliphatic rings. The fraction of sp³-hybridized carbons (Fsp3) is 0.400. The highest BCUT2D eigenvalue weighted by molar-refractivity contribution is 5.45. The van der Waals surface area contributed by atoms with Crippen LogP contribution in [0.15, 0.2) is 18.2 Å². The second kappa shape index (κ2) is 4.88. The molecule has 1 aromatic rings. The average Bonchev–Trinajstić information content (AvgIpc) is 2.05. The van der Waals surface area contributed by atoms with Gasteiger partial charge in [-0.05, 0) is 30.7 Å². The fourth-order valence-corrected chi connectivity index (χ4v) is 1.00. The first-order valence-electron chi connectivity index (χ1n) is 4.34. The maximum atomic E-state index is 12.1. The topological polar surface area (TPSA) is 26.0 Å². The van der Waals surface area contributed by atoms with Gasteiger partial charge in [0.1, 0.15) is 0 Å². The fourth-order valence-electron chi connectivity index (χ4n) is 1.00. The number of nitrogen functional groups attached to an aromatic ring is 1. The minimum absolute atomic E-state index is 0.155. The molecule has 0 aliphatic heterocycles. The highest BCUT2D eigenvalue weighted by Gasteiger charge is 2.31. The van der Waals surface area contributed by atoms with Crippen LogP contribution in [0.4, 0.5) is 18.9 Å². The summed E-state index contributed by atoms with van der Waals surface area (Å²) in [4.78, 5) is 0. The monoisotopic (exact) mass is 205 g/mol. The number of alkyl halides is 3. The minimum Gasteiger partial charge on any atom is -0.399 e. The van der Waals surface area contributed by atoms with Gasteiger partial charge in [0.2, 0.25) is 0 Å². The molecule has 0 aromatic heterocycles. The van der Waals surface area contributed by atoms with Crippen molar-refractivity contribution < 1.29 is 13.2 Å². The first-order valence-corrected chi connectivity index (χ1v) is 4.34. The smallest absolute Gasteiger partial charge is 0.399 e. The Labute approximate surface area is 81.7 Å². The van der Waals surface area contributed by atoms with Gasteiger partial charge in [0, 0.05) is 5.69 Å². The minimum atomic E-state index is -4.28. The third-order valence-electron chi connectivity index (χ3n) is 1.56. The molecule has 0 bridgehead atoms. The average molecular weight is 205 g/mol. The van der Waals surface area contributed by atoms with Crippen molar-refractivity contribution in [2.24, 2.45) is 0 Å². The molecule has 0 aliphatic carbocycles. The number of aryl methyl sites for hydroxylation is 1. The molecule has 1 aromatic carbocycles. The van der Waals surface area contributed by atoms with E-state index in [1.807, 2.05) is 13.8 Å². The summed E-state index contributed by atoms with van der Waals surface area (Å²) < 4.78 is 36.4. The van der Waals surface area contributed by atoms with Crippen LogP contribution in [0.5, 0.6) is 0 Å². The zero-order chi connectivity index (χ0) is 11.4. The quantitative estimate of drug-likeness (QED) is 0.643. The van der Waals surface area contributed by atoms with E-state index in [-0.39, 0.29) is 5.56 Å². The molecular formula is C10H14F3N. The summed E-state index contributed by atoms with van der Waals surface area (Å²) in [6.07, 6.45) is -4.28. The number of hydrogen-bond donors (Lipinski definition) is 1. The van der Waals surface area contributed by atoms with Gasteiger partial charge in [-0.25, -0.2) is 0 Å². The predicted octanol–water partition coefficient (Wildman–Crippen LogP) is 3.62. The number of halogens is 3. The van der Waals surface area contributed by atoms with Crippen LogP contribution < -0.4 is 5.73 Å². The Balaban J connectivity index is 0.000000791. The molecule has 2 N–H and O–H groups in total. The SMILES string of the molecule is CC.Cc1cc(N)ccc1C(F)(F)F. The molecule has 80 valence electrons. The molecule has 1 nitrogen and oxygen atoms in total. The van der Waals surface area contributed by atoms with Gasteiger partial charge >= 0.3 is 6.18 Å². The normalized spacial score (nSPS) is 10.4. The second-order valence-electron chi connectivity index (χ2n) is 2.57. The van der Waals surface area contributed by atoms with Gasteiger partial charge in [-0.1, -0.05) is 13.8 Å². The van der Waals surface area contributed by atoms with E-state index in [2.05, 4.69) is 0 Å². The molecule has 0 radical (unpaired) electrons. The summed E-state index contributed by atoms with van der Waals surface area (Å²) >= 11 is 0. The Bertz CT molecular complexity index is 292. The van der Waals surface area contributed by atoms with Crippen LogP contribution in [0.25, 0.3) is 0 Å². The summed E-state index contributed by atoms with van der Waals surface area (Å²) in [5.41, 5.74) is 5.18. The number of benzene rings is 1. The maximum Gasteiger partial charge on any atom is 0.416 e. The largest absolute Gasteiger partial charge is 0.416 e. The van der Waals surface area contributed by atoms with E-state index in [0.717, 1.165) is 6.07 Å². The van der Waals surface area contributed by atoms with E-state index >= 15 is 0 Å². The highest BCUT2D eigenvalue weighted by Crippen LogP contribution is 2.32. The zero-order valence-electron chi connectivity index (χ0n) is 8.44. The molecule has 0 unspecified atom stereocenters. The lowest BCUT2D eigenvalue weighted by atomic mass is 10.1. The van der Waals surface area contributed by atoms with Crippen LogP contribution in [0.3, 0.4) is 0 Å². The van der Waals surface area contributed by atoms with Crippen molar-refractivity contribution in [3.8, 4) is 0 Å². The molecule has 0 saturated carbocycles. The van der Waals surface area contributed by atoms with Gasteiger partial charge < -0.3 is 5.73 Å². The lowest BCUT2D eigenvalue weighted by molar-refractivity contribution is -0.138. The molecule has 0 spiro atoms. The molecule has 1 rings (SSSR count). The standard InChI is InChI=1S/C8H8F3N.C2H6/c1-5-4-6(12)2-3-7(5)8(9,10)11;1-2/h2-4H,12H2,1H3;1-2H3. The Morgan fingerprint density at radius 3 is 2.00 bits per heavy atom. The van der Waals surface area contributed by atoms with Gasteiger partial charge in [-0.15, -0.1) is 0 Å². The number of anilines is 1. The van der Waals surface area contributed by atoms with Gasteiger partial charge in [0.25, 0.3) is 0 Å². The zero-order valence-corrected chi connectivity index (χ0v) is 8.44. The molecule has 0 saturated heterocycles. The van der Waals surface area contributed by atoms with E-state index < -0.39 is 11.7 Å². The van der Waals surface area contributed by atoms with Crippen LogP contribution >= 0.6 is 0 Å². The Morgan fingerprint density at radius 1 is 1.14 bits per heavy atom. The first kappa shape index (κ1) is 12.8. The summed E-state index contributed by atoms with van der Waals surface area (Å²) in [6.45, 7) is 5.39. The molecule has 4 heteroatoms. The van der Waals surface area contributed by atoms with E-state index in [9.17, 15) is 13.2 Å². The van der Waals surface area contributed by atoms with Gasteiger partial charge in [-0.2, -0.15) is 13.2 Å². The highest BCUT2D eigenvalue weighted by atomic mass is 19.4. The molecule has 0 heterocycles. The molecule has 0 fully saturated rings. The lowest BCUT2D eigenvalue weighted by Gasteiger charge is -2.09. The number of nitrogens with two attached hydrogens (primary N) is 1. The van der Waals surface area contributed by atoms with Gasteiger partial charge in [-0.3, -0.25) is 0 Å². The van der Waals surface area contributed by atoms with Crippen molar-refractivity contribution in [2.45, 2.75) is 26.9 Å². The molecular weight excluding hydrogens is 191 g/mol. The van der Waals surface area contributed by atoms with Crippen LogP contribution in [0.2, 0.25) is 0 Å². The lowest BCUT2D eigenvalue weighted by Crippen LogP contribution is -2.07. The number of hydrogen-bond acceptors (Lipinski definition) is 1. The Hall–Kier alpha value is -1.19. The molecule has 0 atom stereocenters. The van der Waals surface area contributed by atoms with Crippen LogP contribution in [0.1, 0.15) is 25.0 Å². The van der Waals surface area contributed by atoms with Gasteiger partial charge in [0.05, 0.1) is 5.56 Å². The van der Waals surface area contributed by atoms with Crippen molar-refractivity contribution in [1.29, 1.82) is 0 Å². The summed E-state index contributed by atoms with van der Waals surface area (Å²) in [5, 5.41) is 0. The van der Waals surface area contributed by atoms with E-state index in [1.54, 1.807) is 0 Å². The Morgan fingerprint density at radius 2 is 1.64 bits per heavy atom. The summed E-state index contributed by atoms with van der Waals surface area (Å²) in [6, 6.07) is 3.54. The van der Waals surface area contributed by atoms with Crippen molar-refractivity contribution in [2.75, 3.05) is 5.73 Å². The number of rotatable bonds is 0. The van der Waals surface area contributed by atoms with Crippen molar-refractivity contribution in [3.63, 3.8) is 0 Å². The summed E-state index contributed by atoms with van der Waals surface area (Å²) in [7, 11) is 0. The van der Waals surface area contributed by atoms with E-state index in [0.29, 0.717) is 5.69 Å². The first-order chi connectivity index (χ1) is 6.41. The molecule has 0 amide bonds. The summed E-state index contributed by atoms with van der Waals surface area (Å²) in [5.74, 6) is 0. The van der Waals surface area contributed by atoms with Crippen molar-refractivity contribution in [1.82, 2.24) is 0 Å². The molecule has 14 heavy (non-hydrogen) atoms. The van der Waals surface area contributed by atoms with Crippen molar-refractivity contribution in [3.05, 3.63) is 29.3 Å². The third kappa shape index (κ3) is 3.28. The van der Waals surface area contributed by atoms with Crippen LogP contribution in [0, 0.1) is 6.92 Å². The predicted molar refractivity (Wildman–Crippen MR) is 51.9 cm³/mol. The third-order valence-corrected chi connectivity index (χ3v) is 1.56. The second-order valence-corrected chi connectivity index (χ2v) is 2.57. The van der Waals surface area contributed by atoms with E-state index in [1.165, 1.54) is 19.1 Å². The Kier molecular flexibility index (Phi) is 4.47. The maximum absolute atomic E-state index is 12.1. The van der Waals surface area contributed by atoms with E-state index in [4.69, 9.17) is 5.73 Å². The van der Waals surface area contributed by atoms with Gasteiger partial charge in [0.15, 0.2) is 0 Å². The van der Waals surface area contributed by atoms with Crippen LogP contribution in [-0.2, 0) is 6.18 Å².